The maximum absolute atomic E-state index is 13.0. The zero-order valence-corrected chi connectivity index (χ0v) is 16.9. The maximum Gasteiger partial charge on any atom is 0.227 e. The smallest absolute Gasteiger partial charge is 0.227 e. The van der Waals surface area contributed by atoms with Crippen molar-refractivity contribution in [2.45, 2.75) is 25.2 Å². The van der Waals surface area contributed by atoms with E-state index in [4.69, 9.17) is 0 Å². The van der Waals surface area contributed by atoms with E-state index in [0.29, 0.717) is 25.4 Å². The summed E-state index contributed by atoms with van der Waals surface area (Å²) in [5.41, 5.74) is 2.55. The molecule has 1 N–H and O–H groups in total. The summed E-state index contributed by atoms with van der Waals surface area (Å²) in [6.07, 6.45) is 4.47. The van der Waals surface area contributed by atoms with E-state index in [1.807, 2.05) is 23.9 Å². The van der Waals surface area contributed by atoms with Crippen molar-refractivity contribution in [2.75, 3.05) is 46.8 Å². The number of fused-ring (bicyclic) bond motifs is 1. The lowest BCUT2D eigenvalue weighted by Crippen LogP contribution is -2.42. The van der Waals surface area contributed by atoms with Crippen molar-refractivity contribution >= 4 is 22.7 Å². The summed E-state index contributed by atoms with van der Waals surface area (Å²) in [6.45, 7) is 3.69. The van der Waals surface area contributed by atoms with Crippen molar-refractivity contribution in [3.63, 3.8) is 0 Å². The molecule has 3 heterocycles. The van der Waals surface area contributed by atoms with Crippen molar-refractivity contribution in [1.29, 1.82) is 0 Å². The predicted molar refractivity (Wildman–Crippen MR) is 110 cm³/mol. The van der Waals surface area contributed by atoms with E-state index in [0.717, 1.165) is 32.5 Å². The Hall–Kier alpha value is -2.34. The van der Waals surface area contributed by atoms with E-state index in [1.54, 1.807) is 0 Å². The summed E-state index contributed by atoms with van der Waals surface area (Å²) in [4.78, 5) is 34.5. The summed E-state index contributed by atoms with van der Waals surface area (Å²) >= 11 is 0. The third kappa shape index (κ3) is 3.78. The second-order valence-electron chi connectivity index (χ2n) is 8.43. The number of piperidine rings is 1. The number of H-pyrrole nitrogens is 1. The number of para-hydroxylation sites is 1. The second kappa shape index (κ2) is 7.95. The average Bonchev–Trinajstić information content (AvgIpc) is 3.29. The number of carbonyl (C=O) groups is 2. The van der Waals surface area contributed by atoms with Crippen LogP contribution in [0, 0.1) is 5.92 Å². The number of benzene rings is 1. The van der Waals surface area contributed by atoms with Gasteiger partial charge in [0.25, 0.3) is 0 Å². The van der Waals surface area contributed by atoms with E-state index in [1.165, 1.54) is 16.5 Å². The van der Waals surface area contributed by atoms with Crippen LogP contribution in [0.15, 0.2) is 30.5 Å². The van der Waals surface area contributed by atoms with Gasteiger partial charge in [-0.25, -0.2) is 0 Å². The zero-order valence-electron chi connectivity index (χ0n) is 16.9. The molecular formula is C22H30N4O2. The van der Waals surface area contributed by atoms with Gasteiger partial charge in [-0.15, -0.1) is 0 Å². The number of hydrogen-bond donors (Lipinski definition) is 1. The first kappa shape index (κ1) is 19.0. The molecule has 6 heteroatoms. The fraction of sp³-hybridized carbons (Fsp3) is 0.545. The molecule has 1 aromatic carbocycles. The zero-order chi connectivity index (χ0) is 19.7. The Kier molecular flexibility index (Phi) is 5.40. The molecule has 2 aromatic rings. The summed E-state index contributed by atoms with van der Waals surface area (Å²) in [7, 11) is 4.00. The topological polar surface area (TPSA) is 59.6 Å². The SMILES string of the molecule is CN(C)CCN1CC(C(=O)N2CCC(c3c[nH]c4ccccc34)CC2)CC1=O. The second-order valence-corrected chi connectivity index (χ2v) is 8.43. The Bertz CT molecular complexity index is 851. The highest BCUT2D eigenvalue weighted by Gasteiger charge is 2.37. The summed E-state index contributed by atoms with van der Waals surface area (Å²) in [5.74, 6) is 0.605. The lowest BCUT2D eigenvalue weighted by atomic mass is 9.88. The van der Waals surface area contributed by atoms with E-state index >= 15 is 0 Å². The number of rotatable bonds is 5. The normalized spacial score (nSPS) is 21.2. The number of aromatic amines is 1. The molecule has 2 fully saturated rings. The van der Waals surface area contributed by atoms with Gasteiger partial charge in [-0.3, -0.25) is 9.59 Å². The Labute approximate surface area is 166 Å². The molecule has 6 nitrogen and oxygen atoms in total. The molecule has 0 aliphatic carbocycles. The van der Waals surface area contributed by atoms with Gasteiger partial charge in [0.05, 0.1) is 5.92 Å². The minimum atomic E-state index is -0.167. The van der Waals surface area contributed by atoms with Crippen LogP contribution in [-0.2, 0) is 9.59 Å². The van der Waals surface area contributed by atoms with Crippen LogP contribution in [0.1, 0.15) is 30.7 Å². The van der Waals surface area contributed by atoms with Crippen molar-refractivity contribution in [2.24, 2.45) is 5.92 Å². The molecule has 28 heavy (non-hydrogen) atoms. The molecule has 150 valence electrons. The molecule has 1 unspecified atom stereocenters. The first-order valence-corrected chi connectivity index (χ1v) is 10.3. The molecule has 0 saturated carbocycles. The summed E-state index contributed by atoms with van der Waals surface area (Å²) in [5, 5.41) is 1.30. The molecule has 2 aliphatic heterocycles. The molecular weight excluding hydrogens is 352 g/mol. The van der Waals surface area contributed by atoms with E-state index in [2.05, 4.69) is 40.3 Å². The highest BCUT2D eigenvalue weighted by atomic mass is 16.2. The van der Waals surface area contributed by atoms with E-state index < -0.39 is 0 Å². The Balaban J connectivity index is 1.34. The Morgan fingerprint density at radius 1 is 1.21 bits per heavy atom. The first-order chi connectivity index (χ1) is 13.5. The third-order valence-electron chi connectivity index (χ3n) is 6.25. The number of carbonyl (C=O) groups excluding carboxylic acids is 2. The average molecular weight is 383 g/mol. The molecule has 0 spiro atoms. The quantitative estimate of drug-likeness (QED) is 0.863. The number of nitrogens with zero attached hydrogens (tertiary/aromatic N) is 3. The van der Waals surface area contributed by atoms with Crippen molar-refractivity contribution in [1.82, 2.24) is 19.7 Å². The van der Waals surface area contributed by atoms with Gasteiger partial charge in [-0.1, -0.05) is 18.2 Å². The Morgan fingerprint density at radius 3 is 2.71 bits per heavy atom. The minimum Gasteiger partial charge on any atom is -0.361 e. The van der Waals surface area contributed by atoms with Crippen LogP contribution in [0.3, 0.4) is 0 Å². The van der Waals surface area contributed by atoms with Gasteiger partial charge in [-0.05, 0) is 44.5 Å². The van der Waals surface area contributed by atoms with Gasteiger partial charge < -0.3 is 19.7 Å². The molecule has 0 bridgehead atoms. The van der Waals surface area contributed by atoms with Crippen molar-refractivity contribution in [3.05, 3.63) is 36.0 Å². The van der Waals surface area contributed by atoms with Crippen molar-refractivity contribution < 1.29 is 9.59 Å². The van der Waals surface area contributed by atoms with Crippen LogP contribution in [0.2, 0.25) is 0 Å². The summed E-state index contributed by atoms with van der Waals surface area (Å²) in [6, 6.07) is 8.41. The minimum absolute atomic E-state index is 0.119. The highest BCUT2D eigenvalue weighted by molar-refractivity contribution is 5.89. The van der Waals surface area contributed by atoms with Crippen LogP contribution in [0.25, 0.3) is 10.9 Å². The maximum atomic E-state index is 13.0. The van der Waals surface area contributed by atoms with Gasteiger partial charge in [-0.2, -0.15) is 0 Å². The molecule has 2 saturated heterocycles. The third-order valence-corrected chi connectivity index (χ3v) is 6.25. The van der Waals surface area contributed by atoms with Crippen LogP contribution < -0.4 is 0 Å². The lowest BCUT2D eigenvalue weighted by molar-refractivity contribution is -0.136. The number of amides is 2. The number of likely N-dealkylation sites (N-methyl/N-ethyl adjacent to an activating group) is 1. The number of nitrogens with one attached hydrogen (secondary N) is 1. The van der Waals surface area contributed by atoms with E-state index in [-0.39, 0.29) is 17.7 Å². The largest absolute Gasteiger partial charge is 0.361 e. The highest BCUT2D eigenvalue weighted by Crippen LogP contribution is 2.34. The molecule has 1 atom stereocenters. The van der Waals surface area contributed by atoms with Gasteiger partial charge in [0.15, 0.2) is 0 Å². The standard InChI is InChI=1S/C22H30N4O2/c1-24(2)11-12-26-15-17(13-21(26)27)22(28)25-9-7-16(8-10-25)19-14-23-20-6-4-3-5-18(19)20/h3-6,14,16-17,23H,7-13,15H2,1-2H3. The van der Waals surface area contributed by atoms with Crippen LogP contribution in [0.5, 0.6) is 0 Å². The monoisotopic (exact) mass is 382 g/mol. The van der Waals surface area contributed by atoms with Gasteiger partial charge >= 0.3 is 0 Å². The van der Waals surface area contributed by atoms with Crippen LogP contribution >= 0.6 is 0 Å². The fourth-order valence-electron chi connectivity index (χ4n) is 4.58. The van der Waals surface area contributed by atoms with Gasteiger partial charge in [0.1, 0.15) is 0 Å². The molecule has 1 aromatic heterocycles. The van der Waals surface area contributed by atoms with Crippen molar-refractivity contribution in [3.8, 4) is 0 Å². The summed E-state index contributed by atoms with van der Waals surface area (Å²) < 4.78 is 0. The van der Waals surface area contributed by atoms with Crippen LogP contribution in [-0.4, -0.2) is 78.3 Å². The molecule has 2 aliphatic rings. The number of likely N-dealkylation sites (tertiary alicyclic amines) is 2. The number of aromatic nitrogens is 1. The van der Waals surface area contributed by atoms with Gasteiger partial charge in [0, 0.05) is 56.2 Å². The van der Waals surface area contributed by atoms with Gasteiger partial charge in [0.2, 0.25) is 11.8 Å². The van der Waals surface area contributed by atoms with E-state index in [9.17, 15) is 9.59 Å². The Morgan fingerprint density at radius 2 is 1.96 bits per heavy atom. The predicted octanol–water partition coefficient (Wildman–Crippen LogP) is 2.28. The molecule has 2 amide bonds. The molecule has 4 rings (SSSR count). The number of hydrogen-bond acceptors (Lipinski definition) is 3. The lowest BCUT2D eigenvalue weighted by Gasteiger charge is -2.33. The first-order valence-electron chi connectivity index (χ1n) is 10.3. The molecule has 0 radical (unpaired) electrons. The fourth-order valence-corrected chi connectivity index (χ4v) is 4.58. The van der Waals surface area contributed by atoms with Crippen LogP contribution in [0.4, 0.5) is 0 Å².